The van der Waals surface area contributed by atoms with E-state index >= 15 is 0 Å². The van der Waals surface area contributed by atoms with Crippen LogP contribution in [-0.2, 0) is 4.79 Å². The number of hydrogen-bond acceptors (Lipinski definition) is 3. The Balaban J connectivity index is 4.01. The molecule has 0 aromatic heterocycles. The highest BCUT2D eigenvalue weighted by Gasteiger charge is 2.19. The maximum Gasteiger partial charge on any atom is 0.241 e. The molecule has 4 nitrogen and oxygen atoms in total. The second-order valence-electron chi connectivity index (χ2n) is 6.65. The third-order valence-corrected chi connectivity index (χ3v) is 4.39. The van der Waals surface area contributed by atoms with Crippen molar-refractivity contribution in [3.63, 3.8) is 0 Å². The maximum atomic E-state index is 12.2. The van der Waals surface area contributed by atoms with E-state index in [9.17, 15) is 4.79 Å². The van der Waals surface area contributed by atoms with E-state index in [1.165, 1.54) is 64.2 Å². The van der Waals surface area contributed by atoms with Crippen LogP contribution < -0.4 is 5.73 Å². The third kappa shape index (κ3) is 12.5. The van der Waals surface area contributed by atoms with Crippen LogP contribution in [0.5, 0.6) is 0 Å². The number of aliphatic hydroxyl groups is 1. The molecule has 3 N–H and O–H groups in total. The van der Waals surface area contributed by atoms with Gasteiger partial charge in [-0.25, -0.2) is 0 Å². The molecule has 4 heteroatoms. The zero-order chi connectivity index (χ0) is 17.3. The first-order chi connectivity index (χ1) is 11.2. The molecule has 0 saturated carbocycles. The number of nitrogens with two attached hydrogens (primary N) is 1. The monoisotopic (exact) mass is 328 g/mol. The van der Waals surface area contributed by atoms with Crippen molar-refractivity contribution in [1.82, 2.24) is 4.90 Å². The summed E-state index contributed by atoms with van der Waals surface area (Å²) in [5.41, 5.74) is 5.72. The average molecular weight is 329 g/mol. The van der Waals surface area contributed by atoms with Crippen molar-refractivity contribution >= 4 is 5.91 Å². The van der Waals surface area contributed by atoms with Gasteiger partial charge >= 0.3 is 0 Å². The van der Waals surface area contributed by atoms with Gasteiger partial charge in [0.05, 0.1) is 6.61 Å². The number of rotatable bonds is 16. The molecule has 0 spiro atoms. The lowest BCUT2D eigenvalue weighted by molar-refractivity contribution is -0.133. The molecule has 1 atom stereocenters. The van der Waals surface area contributed by atoms with E-state index in [2.05, 4.69) is 13.8 Å². The molecule has 0 aliphatic heterocycles. The minimum Gasteiger partial charge on any atom is -0.394 e. The molecule has 0 saturated heterocycles. The lowest BCUT2D eigenvalue weighted by Crippen LogP contribution is -2.46. The molecular formula is C19H40N2O2. The highest BCUT2D eigenvalue weighted by Crippen LogP contribution is 2.09. The summed E-state index contributed by atoms with van der Waals surface area (Å²) in [6.45, 7) is 5.75. The average Bonchev–Trinajstić information content (AvgIpc) is 2.57. The molecule has 138 valence electrons. The Kier molecular flexibility index (Phi) is 15.8. The number of aliphatic hydroxyl groups excluding tert-OH is 1. The quantitative estimate of drug-likeness (QED) is 0.423. The molecule has 0 aromatic carbocycles. The van der Waals surface area contributed by atoms with Crippen LogP contribution in [0.25, 0.3) is 0 Å². The maximum absolute atomic E-state index is 12.2. The zero-order valence-corrected chi connectivity index (χ0v) is 15.6. The Bertz CT molecular complexity index is 256. The number of carbonyl (C=O) groups is 1. The van der Waals surface area contributed by atoms with E-state index in [0.717, 1.165) is 25.9 Å². The van der Waals surface area contributed by atoms with E-state index in [-0.39, 0.29) is 12.5 Å². The van der Waals surface area contributed by atoms with Gasteiger partial charge in [-0.2, -0.15) is 0 Å². The lowest BCUT2D eigenvalue weighted by atomic mass is 10.1. The summed E-state index contributed by atoms with van der Waals surface area (Å²) in [4.78, 5) is 14.1. The number of unbranched alkanes of at least 4 members (excludes halogenated alkanes) is 10. The molecule has 1 amide bonds. The van der Waals surface area contributed by atoms with Crippen LogP contribution in [0, 0.1) is 0 Å². The number of amides is 1. The van der Waals surface area contributed by atoms with Gasteiger partial charge in [0.15, 0.2) is 0 Å². The second kappa shape index (κ2) is 16.3. The van der Waals surface area contributed by atoms with Gasteiger partial charge in [0.25, 0.3) is 0 Å². The van der Waals surface area contributed by atoms with Crippen molar-refractivity contribution in [3.8, 4) is 0 Å². The van der Waals surface area contributed by atoms with Crippen LogP contribution in [0.4, 0.5) is 0 Å². The predicted molar refractivity (Wildman–Crippen MR) is 98.4 cm³/mol. The fourth-order valence-electron chi connectivity index (χ4n) is 2.81. The highest BCUT2D eigenvalue weighted by molar-refractivity contribution is 5.81. The highest BCUT2D eigenvalue weighted by atomic mass is 16.3. The Morgan fingerprint density at radius 2 is 1.22 bits per heavy atom. The van der Waals surface area contributed by atoms with Crippen molar-refractivity contribution < 1.29 is 9.90 Å². The van der Waals surface area contributed by atoms with Crippen LogP contribution >= 0.6 is 0 Å². The van der Waals surface area contributed by atoms with E-state index in [0.29, 0.717) is 0 Å². The molecule has 23 heavy (non-hydrogen) atoms. The van der Waals surface area contributed by atoms with Gasteiger partial charge in [-0.05, 0) is 12.8 Å². The number of hydrogen-bond donors (Lipinski definition) is 2. The molecule has 0 heterocycles. The SMILES string of the molecule is CCCCCCCCN(CCCCCCCC)C(=O)[C@H](N)CO. The molecular weight excluding hydrogens is 288 g/mol. The molecule has 0 bridgehead atoms. The lowest BCUT2D eigenvalue weighted by Gasteiger charge is -2.25. The largest absolute Gasteiger partial charge is 0.394 e. The molecule has 0 aliphatic rings. The first-order valence-corrected chi connectivity index (χ1v) is 9.82. The summed E-state index contributed by atoms with van der Waals surface area (Å²) in [5.74, 6) is -0.0883. The Morgan fingerprint density at radius 3 is 1.61 bits per heavy atom. The minimum absolute atomic E-state index is 0.0883. The fraction of sp³-hybridized carbons (Fsp3) is 0.947. The predicted octanol–water partition coefficient (Wildman–Crippen LogP) is 3.86. The Labute approximate surface area is 143 Å². The first kappa shape index (κ1) is 22.4. The summed E-state index contributed by atoms with van der Waals surface area (Å²) in [6, 6.07) is -0.754. The number of carbonyl (C=O) groups excluding carboxylic acids is 1. The van der Waals surface area contributed by atoms with Gasteiger partial charge in [-0.15, -0.1) is 0 Å². The molecule has 0 unspecified atom stereocenters. The van der Waals surface area contributed by atoms with Crippen molar-refractivity contribution in [2.24, 2.45) is 5.73 Å². The summed E-state index contributed by atoms with van der Waals surface area (Å²) in [6.07, 6.45) is 14.6. The molecule has 0 fully saturated rings. The summed E-state index contributed by atoms with van der Waals surface area (Å²) in [7, 11) is 0. The van der Waals surface area contributed by atoms with Gasteiger partial charge in [0.1, 0.15) is 6.04 Å². The Hall–Kier alpha value is -0.610. The number of nitrogens with zero attached hydrogens (tertiary/aromatic N) is 1. The van der Waals surface area contributed by atoms with Crippen molar-refractivity contribution in [1.29, 1.82) is 0 Å². The minimum atomic E-state index is -0.754. The standard InChI is InChI=1S/C19H40N2O2/c1-3-5-7-9-11-13-15-21(19(23)18(20)17-22)16-14-12-10-8-6-4-2/h18,22H,3-17,20H2,1-2H3/t18-/m1/s1. The van der Waals surface area contributed by atoms with Crippen LogP contribution in [0.3, 0.4) is 0 Å². The van der Waals surface area contributed by atoms with Crippen molar-refractivity contribution in [3.05, 3.63) is 0 Å². The van der Waals surface area contributed by atoms with Crippen LogP contribution in [0.1, 0.15) is 90.9 Å². The van der Waals surface area contributed by atoms with Gasteiger partial charge in [-0.1, -0.05) is 78.1 Å². The van der Waals surface area contributed by atoms with E-state index in [1.807, 2.05) is 4.90 Å². The van der Waals surface area contributed by atoms with E-state index in [1.54, 1.807) is 0 Å². The fourth-order valence-corrected chi connectivity index (χ4v) is 2.81. The van der Waals surface area contributed by atoms with Gasteiger partial charge in [-0.3, -0.25) is 4.79 Å². The van der Waals surface area contributed by atoms with Gasteiger partial charge in [0.2, 0.25) is 5.91 Å². The first-order valence-electron chi connectivity index (χ1n) is 9.82. The van der Waals surface area contributed by atoms with E-state index in [4.69, 9.17) is 10.8 Å². The van der Waals surface area contributed by atoms with E-state index < -0.39 is 6.04 Å². The van der Waals surface area contributed by atoms with Crippen LogP contribution in [-0.4, -0.2) is 41.7 Å². The zero-order valence-electron chi connectivity index (χ0n) is 15.6. The molecule has 0 aliphatic carbocycles. The molecule has 0 aromatic rings. The topological polar surface area (TPSA) is 66.6 Å². The Morgan fingerprint density at radius 1 is 0.826 bits per heavy atom. The molecule has 0 rings (SSSR count). The van der Waals surface area contributed by atoms with Crippen LogP contribution in [0.2, 0.25) is 0 Å². The smallest absolute Gasteiger partial charge is 0.241 e. The summed E-state index contributed by atoms with van der Waals surface area (Å²) >= 11 is 0. The second-order valence-corrected chi connectivity index (χ2v) is 6.65. The van der Waals surface area contributed by atoms with Crippen molar-refractivity contribution in [2.75, 3.05) is 19.7 Å². The van der Waals surface area contributed by atoms with Gasteiger partial charge < -0.3 is 15.7 Å². The molecule has 0 radical (unpaired) electrons. The summed E-state index contributed by atoms with van der Waals surface area (Å²) in [5, 5.41) is 9.12. The normalized spacial score (nSPS) is 12.3. The third-order valence-electron chi connectivity index (χ3n) is 4.39. The van der Waals surface area contributed by atoms with Gasteiger partial charge in [0, 0.05) is 13.1 Å². The van der Waals surface area contributed by atoms with Crippen molar-refractivity contribution in [2.45, 2.75) is 96.9 Å². The van der Waals surface area contributed by atoms with Crippen LogP contribution in [0.15, 0.2) is 0 Å². The summed E-state index contributed by atoms with van der Waals surface area (Å²) < 4.78 is 0.